The molecule has 0 radical (unpaired) electrons. The zero-order valence-corrected chi connectivity index (χ0v) is 18.1. The van der Waals surface area contributed by atoms with Crippen LogP contribution < -0.4 is 14.8 Å². The Bertz CT molecular complexity index is 1360. The van der Waals surface area contributed by atoms with Gasteiger partial charge in [0.2, 0.25) is 6.79 Å². The van der Waals surface area contributed by atoms with Crippen LogP contribution in [0.3, 0.4) is 0 Å². The van der Waals surface area contributed by atoms with Crippen LogP contribution in [0.25, 0.3) is 10.9 Å². The molecule has 1 aliphatic rings. The van der Waals surface area contributed by atoms with Crippen LogP contribution in [0, 0.1) is 12.7 Å². The predicted molar refractivity (Wildman–Crippen MR) is 122 cm³/mol. The van der Waals surface area contributed by atoms with Gasteiger partial charge in [-0.3, -0.25) is 0 Å². The van der Waals surface area contributed by atoms with E-state index in [1.807, 2.05) is 43.3 Å². The summed E-state index contributed by atoms with van der Waals surface area (Å²) in [6.07, 6.45) is 0. The lowest BCUT2D eigenvalue weighted by atomic mass is 10.1. The van der Waals surface area contributed by atoms with Crippen molar-refractivity contribution in [3.63, 3.8) is 0 Å². The molecular weight excluding hydrogens is 423 g/mol. The highest BCUT2D eigenvalue weighted by atomic mass is 19.1. The summed E-state index contributed by atoms with van der Waals surface area (Å²) in [6.45, 7) is 3.36. The van der Waals surface area contributed by atoms with E-state index in [9.17, 15) is 14.3 Å². The third-order valence-corrected chi connectivity index (χ3v) is 5.83. The summed E-state index contributed by atoms with van der Waals surface area (Å²) in [6, 6.07) is 17.9. The van der Waals surface area contributed by atoms with E-state index in [1.54, 1.807) is 16.7 Å². The molecule has 0 atom stereocenters. The number of nitrogens with zero attached hydrogens (tertiary/aromatic N) is 1. The zero-order valence-electron chi connectivity index (χ0n) is 18.1. The van der Waals surface area contributed by atoms with Crippen LogP contribution in [0.2, 0.25) is 0 Å². The van der Waals surface area contributed by atoms with Crippen LogP contribution in [0.15, 0.2) is 60.7 Å². The van der Waals surface area contributed by atoms with Crippen molar-refractivity contribution in [1.29, 1.82) is 0 Å². The fraction of sp³-hybridized carbons (Fsp3) is 0.192. The largest absolute Gasteiger partial charge is 0.477 e. The molecule has 2 N–H and O–H groups in total. The maximum absolute atomic E-state index is 13.8. The summed E-state index contributed by atoms with van der Waals surface area (Å²) in [5.74, 6) is 0.0770. The Balaban J connectivity index is 1.48. The molecule has 0 unspecified atom stereocenters. The van der Waals surface area contributed by atoms with Gasteiger partial charge in [0.1, 0.15) is 11.5 Å². The minimum absolute atomic E-state index is 0.207. The minimum atomic E-state index is -1.01. The third-order valence-electron chi connectivity index (χ3n) is 5.83. The van der Waals surface area contributed by atoms with E-state index >= 15 is 0 Å². The number of nitrogens with one attached hydrogen (secondary N) is 1. The summed E-state index contributed by atoms with van der Waals surface area (Å²) in [7, 11) is 0. The summed E-state index contributed by atoms with van der Waals surface area (Å²) in [5, 5.41) is 14.4. The highest BCUT2D eigenvalue weighted by Crippen LogP contribution is 2.33. The van der Waals surface area contributed by atoms with Gasteiger partial charge in [0.15, 0.2) is 11.5 Å². The number of rotatable bonds is 7. The molecule has 0 spiro atoms. The Kier molecular flexibility index (Phi) is 5.48. The molecule has 3 aromatic carbocycles. The highest BCUT2D eigenvalue weighted by Gasteiger charge is 2.23. The molecule has 0 saturated carbocycles. The Hall–Kier alpha value is -3.84. The van der Waals surface area contributed by atoms with Crippen LogP contribution in [-0.4, -0.2) is 22.4 Å². The topological polar surface area (TPSA) is 72.7 Å². The first kappa shape index (κ1) is 21.0. The number of carboxylic acid groups (broad SMARTS) is 1. The van der Waals surface area contributed by atoms with Crippen molar-refractivity contribution in [2.75, 3.05) is 6.79 Å². The first-order valence-electron chi connectivity index (χ1n) is 10.7. The van der Waals surface area contributed by atoms with E-state index in [0.717, 1.165) is 27.8 Å². The summed E-state index contributed by atoms with van der Waals surface area (Å²) < 4.78 is 26.3. The standard InChI is InChI=1S/C26H23FN2O4/c1-16-5-7-20-21(13-28-12-17-6-8-23-24(11-17)33-15-32-23)25(26(30)31)29(22(20)9-16)14-18-3-2-4-19(27)10-18/h2-11,28H,12-15H2,1H3,(H,30,31). The number of halogens is 1. The highest BCUT2D eigenvalue weighted by molar-refractivity contribution is 5.98. The molecule has 4 aromatic rings. The van der Waals surface area contributed by atoms with E-state index in [2.05, 4.69) is 5.32 Å². The van der Waals surface area contributed by atoms with Gasteiger partial charge in [0.25, 0.3) is 0 Å². The maximum atomic E-state index is 13.8. The van der Waals surface area contributed by atoms with Gasteiger partial charge in [-0.15, -0.1) is 0 Å². The van der Waals surface area contributed by atoms with Crippen molar-refractivity contribution >= 4 is 16.9 Å². The number of carbonyl (C=O) groups is 1. The Morgan fingerprint density at radius 2 is 1.88 bits per heavy atom. The molecule has 1 aliphatic heterocycles. The van der Waals surface area contributed by atoms with Crippen molar-refractivity contribution in [2.45, 2.75) is 26.6 Å². The van der Waals surface area contributed by atoms with Crippen molar-refractivity contribution in [1.82, 2.24) is 9.88 Å². The van der Waals surface area contributed by atoms with E-state index in [4.69, 9.17) is 9.47 Å². The first-order valence-corrected chi connectivity index (χ1v) is 10.7. The number of aromatic carboxylic acids is 1. The number of fused-ring (bicyclic) bond motifs is 2. The van der Waals surface area contributed by atoms with E-state index < -0.39 is 5.97 Å². The fourth-order valence-corrected chi connectivity index (χ4v) is 4.32. The molecule has 0 bridgehead atoms. The number of aryl methyl sites for hydroxylation is 1. The number of hydrogen-bond donors (Lipinski definition) is 2. The Labute approximate surface area is 190 Å². The normalized spacial score (nSPS) is 12.4. The smallest absolute Gasteiger partial charge is 0.352 e. The van der Waals surface area contributed by atoms with Crippen molar-refractivity contribution in [3.8, 4) is 11.5 Å². The minimum Gasteiger partial charge on any atom is -0.477 e. The zero-order chi connectivity index (χ0) is 22.9. The molecule has 0 amide bonds. The van der Waals surface area contributed by atoms with Crippen LogP contribution in [0.1, 0.15) is 32.7 Å². The molecule has 0 fully saturated rings. The number of ether oxygens (including phenoxy) is 2. The molecule has 33 heavy (non-hydrogen) atoms. The van der Waals surface area contributed by atoms with Gasteiger partial charge in [-0.1, -0.05) is 30.3 Å². The van der Waals surface area contributed by atoms with E-state index in [-0.39, 0.29) is 24.8 Å². The lowest BCUT2D eigenvalue weighted by molar-refractivity contribution is 0.0684. The monoisotopic (exact) mass is 446 g/mol. The molecule has 0 aliphatic carbocycles. The molecule has 5 rings (SSSR count). The van der Waals surface area contributed by atoms with Gasteiger partial charge >= 0.3 is 5.97 Å². The van der Waals surface area contributed by atoms with Gasteiger partial charge < -0.3 is 24.5 Å². The second-order valence-electron chi connectivity index (χ2n) is 8.16. The lowest BCUT2D eigenvalue weighted by Crippen LogP contribution is -2.17. The fourth-order valence-electron chi connectivity index (χ4n) is 4.32. The van der Waals surface area contributed by atoms with Gasteiger partial charge in [0.05, 0.1) is 0 Å². The first-order chi connectivity index (χ1) is 16.0. The van der Waals surface area contributed by atoms with Crippen LogP contribution in [0.5, 0.6) is 11.5 Å². The van der Waals surface area contributed by atoms with Gasteiger partial charge in [-0.05, 0) is 53.9 Å². The summed E-state index contributed by atoms with van der Waals surface area (Å²) in [5.41, 5.74) is 4.47. The molecule has 2 heterocycles. The molecule has 6 nitrogen and oxygen atoms in total. The average Bonchev–Trinajstić information content (AvgIpc) is 3.36. The molecule has 1 aromatic heterocycles. The van der Waals surface area contributed by atoms with Crippen LogP contribution in [-0.2, 0) is 19.6 Å². The quantitative estimate of drug-likeness (QED) is 0.425. The van der Waals surface area contributed by atoms with Crippen molar-refractivity contribution in [2.24, 2.45) is 0 Å². The Morgan fingerprint density at radius 3 is 2.70 bits per heavy atom. The SMILES string of the molecule is Cc1ccc2c(CNCc3ccc4c(c3)OCO4)c(C(=O)O)n(Cc3cccc(F)c3)c2c1. The Morgan fingerprint density at radius 1 is 1.03 bits per heavy atom. The number of carboxylic acids is 1. The van der Waals surface area contributed by atoms with Crippen LogP contribution >= 0.6 is 0 Å². The average molecular weight is 446 g/mol. The van der Waals surface area contributed by atoms with E-state index in [0.29, 0.717) is 30.0 Å². The van der Waals surface area contributed by atoms with E-state index in [1.165, 1.54) is 12.1 Å². The van der Waals surface area contributed by atoms with Gasteiger partial charge in [0, 0.05) is 36.1 Å². The van der Waals surface area contributed by atoms with Crippen molar-refractivity contribution in [3.05, 3.63) is 94.4 Å². The lowest BCUT2D eigenvalue weighted by Gasteiger charge is -2.10. The summed E-state index contributed by atoms with van der Waals surface area (Å²) in [4.78, 5) is 12.4. The number of hydrogen-bond acceptors (Lipinski definition) is 4. The molecule has 168 valence electrons. The maximum Gasteiger partial charge on any atom is 0.352 e. The van der Waals surface area contributed by atoms with Crippen LogP contribution in [0.4, 0.5) is 4.39 Å². The number of aromatic nitrogens is 1. The second-order valence-corrected chi connectivity index (χ2v) is 8.16. The predicted octanol–water partition coefficient (Wildman–Crippen LogP) is 4.85. The molecule has 7 heteroatoms. The second kappa shape index (κ2) is 8.60. The van der Waals surface area contributed by atoms with Gasteiger partial charge in [-0.25, -0.2) is 9.18 Å². The van der Waals surface area contributed by atoms with Crippen molar-refractivity contribution < 1.29 is 23.8 Å². The molecule has 0 saturated heterocycles. The number of benzene rings is 3. The summed E-state index contributed by atoms with van der Waals surface area (Å²) >= 11 is 0. The third kappa shape index (κ3) is 4.15. The molecular formula is C26H23FN2O4. The van der Waals surface area contributed by atoms with Gasteiger partial charge in [-0.2, -0.15) is 0 Å².